The number of amides is 1. The Hall–Kier alpha value is -1.51. The first-order chi connectivity index (χ1) is 10.7. The van der Waals surface area contributed by atoms with Crippen LogP contribution < -0.4 is 4.74 Å². The molecule has 3 nitrogen and oxygen atoms in total. The average molecular weight is 303 g/mol. The molecule has 22 heavy (non-hydrogen) atoms. The van der Waals surface area contributed by atoms with Crippen LogP contribution in [0.25, 0.3) is 0 Å². The Morgan fingerprint density at radius 1 is 1.27 bits per heavy atom. The van der Waals surface area contributed by atoms with Crippen LogP contribution in [0.3, 0.4) is 0 Å². The van der Waals surface area contributed by atoms with E-state index in [4.69, 9.17) is 4.74 Å². The number of nitrogens with zero attached hydrogens (tertiary/aromatic N) is 1. The van der Waals surface area contributed by atoms with Gasteiger partial charge in [-0.3, -0.25) is 4.79 Å². The topological polar surface area (TPSA) is 29.5 Å². The summed E-state index contributed by atoms with van der Waals surface area (Å²) >= 11 is 0. The number of benzene rings is 1. The number of methoxy groups -OCH3 is 1. The highest BCUT2D eigenvalue weighted by atomic mass is 16.5. The van der Waals surface area contributed by atoms with Crippen molar-refractivity contribution in [2.75, 3.05) is 13.7 Å². The molecule has 1 saturated carbocycles. The summed E-state index contributed by atoms with van der Waals surface area (Å²) in [7, 11) is 1.71. The molecule has 2 rings (SSSR count). The van der Waals surface area contributed by atoms with Crippen molar-refractivity contribution in [3.8, 4) is 5.75 Å². The number of hydrogen-bond donors (Lipinski definition) is 0. The predicted octanol–water partition coefficient (Wildman–Crippen LogP) is 4.37. The Morgan fingerprint density at radius 2 is 2.05 bits per heavy atom. The van der Waals surface area contributed by atoms with Gasteiger partial charge in [0.2, 0.25) is 5.91 Å². The zero-order valence-corrected chi connectivity index (χ0v) is 14.2. The zero-order valence-electron chi connectivity index (χ0n) is 14.2. The molecule has 1 fully saturated rings. The van der Waals surface area contributed by atoms with Crippen molar-refractivity contribution in [1.82, 2.24) is 4.90 Å². The van der Waals surface area contributed by atoms with E-state index in [1.54, 1.807) is 7.11 Å². The van der Waals surface area contributed by atoms with E-state index >= 15 is 0 Å². The predicted molar refractivity (Wildman–Crippen MR) is 90.3 cm³/mol. The fourth-order valence-corrected chi connectivity index (χ4v) is 3.66. The van der Waals surface area contributed by atoms with Crippen LogP contribution in [0, 0.1) is 0 Å². The number of hydrogen-bond acceptors (Lipinski definition) is 2. The van der Waals surface area contributed by atoms with Crippen LogP contribution in [0.15, 0.2) is 24.3 Å². The molecule has 3 heteroatoms. The minimum Gasteiger partial charge on any atom is -0.497 e. The summed E-state index contributed by atoms with van der Waals surface area (Å²) in [5.74, 6) is 1.64. The summed E-state index contributed by atoms with van der Waals surface area (Å²) in [6.07, 6.45) is 6.37. The van der Waals surface area contributed by atoms with E-state index in [0.717, 1.165) is 31.6 Å². The maximum absolute atomic E-state index is 12.4. The molecular weight excluding hydrogens is 274 g/mol. The minimum atomic E-state index is 0.293. The van der Waals surface area contributed by atoms with Crippen LogP contribution in [-0.4, -0.2) is 30.5 Å². The van der Waals surface area contributed by atoms with E-state index in [9.17, 15) is 4.79 Å². The first-order valence-corrected chi connectivity index (χ1v) is 8.64. The van der Waals surface area contributed by atoms with Crippen LogP contribution in [0.1, 0.15) is 63.9 Å². The number of carbonyl (C=O) groups is 1. The summed E-state index contributed by atoms with van der Waals surface area (Å²) in [6, 6.07) is 8.72. The second-order valence-electron chi connectivity index (χ2n) is 6.18. The van der Waals surface area contributed by atoms with E-state index < -0.39 is 0 Å². The molecule has 0 heterocycles. The summed E-state index contributed by atoms with van der Waals surface area (Å²) in [5.41, 5.74) is 1.31. The lowest BCUT2D eigenvalue weighted by Gasteiger charge is -2.40. The van der Waals surface area contributed by atoms with Crippen molar-refractivity contribution in [1.29, 1.82) is 0 Å². The number of ether oxygens (including phenoxy) is 1. The smallest absolute Gasteiger partial charge is 0.222 e. The Balaban J connectivity index is 2.27. The van der Waals surface area contributed by atoms with E-state index in [2.05, 4.69) is 30.0 Å². The van der Waals surface area contributed by atoms with Crippen LogP contribution in [-0.2, 0) is 4.79 Å². The van der Waals surface area contributed by atoms with Gasteiger partial charge >= 0.3 is 0 Å². The van der Waals surface area contributed by atoms with E-state index in [-0.39, 0.29) is 0 Å². The van der Waals surface area contributed by atoms with E-state index in [1.165, 1.54) is 18.4 Å². The van der Waals surface area contributed by atoms with Gasteiger partial charge in [-0.15, -0.1) is 0 Å². The molecule has 1 aromatic rings. The highest BCUT2D eigenvalue weighted by Gasteiger charge is 2.32. The largest absolute Gasteiger partial charge is 0.497 e. The van der Waals surface area contributed by atoms with Crippen molar-refractivity contribution < 1.29 is 9.53 Å². The van der Waals surface area contributed by atoms with Gasteiger partial charge in [0, 0.05) is 24.9 Å². The van der Waals surface area contributed by atoms with Crippen molar-refractivity contribution >= 4 is 5.91 Å². The first-order valence-electron chi connectivity index (χ1n) is 8.64. The Labute approximate surface area is 134 Å². The molecule has 1 aliphatic carbocycles. The van der Waals surface area contributed by atoms with E-state index in [0.29, 0.717) is 24.3 Å². The minimum absolute atomic E-state index is 0.293. The van der Waals surface area contributed by atoms with Gasteiger partial charge in [0.15, 0.2) is 0 Å². The van der Waals surface area contributed by atoms with Gasteiger partial charge in [-0.2, -0.15) is 0 Å². The van der Waals surface area contributed by atoms with Crippen LogP contribution in [0.2, 0.25) is 0 Å². The third kappa shape index (κ3) is 3.82. The van der Waals surface area contributed by atoms with Crippen LogP contribution in [0.4, 0.5) is 0 Å². The van der Waals surface area contributed by atoms with Gasteiger partial charge in [0.05, 0.1) is 7.11 Å². The van der Waals surface area contributed by atoms with Crippen LogP contribution >= 0.6 is 0 Å². The normalized spacial score (nSPS) is 21.4. The molecule has 1 aromatic carbocycles. The third-order valence-electron chi connectivity index (χ3n) is 4.74. The maximum Gasteiger partial charge on any atom is 0.222 e. The second-order valence-corrected chi connectivity index (χ2v) is 6.18. The Bertz CT molecular complexity index is 486. The van der Waals surface area contributed by atoms with Gasteiger partial charge in [-0.1, -0.05) is 38.8 Å². The quantitative estimate of drug-likeness (QED) is 0.781. The number of rotatable bonds is 6. The highest BCUT2D eigenvalue weighted by Crippen LogP contribution is 2.37. The van der Waals surface area contributed by atoms with Crippen molar-refractivity contribution in [2.24, 2.45) is 0 Å². The lowest BCUT2D eigenvalue weighted by molar-refractivity contribution is -0.134. The molecule has 0 bridgehead atoms. The molecule has 1 aliphatic rings. The maximum atomic E-state index is 12.4. The lowest BCUT2D eigenvalue weighted by atomic mass is 9.79. The Morgan fingerprint density at radius 3 is 2.73 bits per heavy atom. The third-order valence-corrected chi connectivity index (χ3v) is 4.74. The first kappa shape index (κ1) is 16.9. The number of carbonyl (C=O) groups excluding carboxylic acids is 1. The highest BCUT2D eigenvalue weighted by molar-refractivity contribution is 5.76. The fourth-order valence-electron chi connectivity index (χ4n) is 3.66. The van der Waals surface area contributed by atoms with Crippen molar-refractivity contribution in [3.63, 3.8) is 0 Å². The van der Waals surface area contributed by atoms with Crippen LogP contribution in [0.5, 0.6) is 5.75 Å². The molecule has 0 saturated heterocycles. The molecule has 1 amide bonds. The monoisotopic (exact) mass is 303 g/mol. The van der Waals surface area contributed by atoms with E-state index in [1.807, 2.05) is 13.0 Å². The van der Waals surface area contributed by atoms with Gasteiger partial charge in [-0.25, -0.2) is 0 Å². The fraction of sp³-hybridized carbons (Fsp3) is 0.632. The molecule has 0 spiro atoms. The van der Waals surface area contributed by atoms with Gasteiger partial charge < -0.3 is 9.64 Å². The molecule has 0 aromatic heterocycles. The molecule has 122 valence electrons. The summed E-state index contributed by atoms with van der Waals surface area (Å²) in [4.78, 5) is 14.5. The molecule has 2 atom stereocenters. The van der Waals surface area contributed by atoms with Crippen molar-refractivity contribution in [3.05, 3.63) is 29.8 Å². The van der Waals surface area contributed by atoms with Gasteiger partial charge in [0.1, 0.15) is 5.75 Å². The summed E-state index contributed by atoms with van der Waals surface area (Å²) < 4.78 is 5.38. The zero-order chi connectivity index (χ0) is 15.9. The van der Waals surface area contributed by atoms with Gasteiger partial charge in [0.25, 0.3) is 0 Å². The standard InChI is InChI=1S/C19H29NO2/c1-4-13-20(19(21)5-2)18-12-7-6-11-17(18)15-9-8-10-16(14-15)22-3/h8-10,14,17-18H,4-7,11-13H2,1-3H3/t17-,18+/m0/s1. The summed E-state index contributed by atoms with van der Waals surface area (Å²) in [5, 5.41) is 0. The average Bonchev–Trinajstić information content (AvgIpc) is 2.59. The molecule has 0 unspecified atom stereocenters. The molecule has 0 radical (unpaired) electrons. The lowest BCUT2D eigenvalue weighted by Crippen LogP contribution is -2.45. The van der Waals surface area contributed by atoms with Crippen molar-refractivity contribution in [2.45, 2.75) is 64.3 Å². The van der Waals surface area contributed by atoms with Gasteiger partial charge in [-0.05, 0) is 37.0 Å². The SMILES string of the molecule is CCCN(C(=O)CC)[C@@H]1CCCC[C@H]1c1cccc(OC)c1. The Kier molecular flexibility index (Phi) is 6.29. The second kappa shape index (κ2) is 8.21. The summed E-state index contributed by atoms with van der Waals surface area (Å²) in [6.45, 7) is 4.99. The molecule has 0 N–H and O–H groups in total. The molecule has 0 aliphatic heterocycles. The molecular formula is C19H29NO2.